The number of nitrogens with zero attached hydrogens (tertiary/aromatic N) is 4. The zero-order valence-corrected chi connectivity index (χ0v) is 19.0. The Labute approximate surface area is 193 Å². The Hall–Kier alpha value is -2.82. The number of hydrogen-bond donors (Lipinski definition) is 3. The molecule has 33 heavy (non-hydrogen) atoms. The molecule has 10 nitrogen and oxygen atoms in total. The first-order chi connectivity index (χ1) is 16.1. The number of nitrogens with one attached hydrogen (secondary N) is 2. The fraction of sp³-hybridized carbons (Fsp3) is 0.565. The number of benzene rings is 1. The smallest absolute Gasteiger partial charge is 0.277 e. The van der Waals surface area contributed by atoms with Gasteiger partial charge in [-0.25, -0.2) is 4.68 Å². The van der Waals surface area contributed by atoms with E-state index >= 15 is 0 Å². The maximum Gasteiger partial charge on any atom is 0.277 e. The lowest BCUT2D eigenvalue weighted by atomic mass is 10.1. The van der Waals surface area contributed by atoms with Crippen molar-refractivity contribution in [1.29, 1.82) is 0 Å². The van der Waals surface area contributed by atoms with Crippen molar-refractivity contribution in [2.75, 3.05) is 57.7 Å². The number of imide groups is 1. The fourth-order valence-electron chi connectivity index (χ4n) is 4.57. The van der Waals surface area contributed by atoms with Gasteiger partial charge in [0.25, 0.3) is 11.5 Å². The van der Waals surface area contributed by atoms with Gasteiger partial charge in [-0.1, -0.05) is 12.1 Å². The molecule has 0 spiro atoms. The minimum Gasteiger partial charge on any atom is -0.384 e. The van der Waals surface area contributed by atoms with Crippen LogP contribution in [0.1, 0.15) is 31.7 Å². The normalized spacial score (nSPS) is 20.2. The number of amides is 2. The van der Waals surface area contributed by atoms with Crippen LogP contribution in [0.25, 0.3) is 10.8 Å². The van der Waals surface area contributed by atoms with Crippen LogP contribution in [0.2, 0.25) is 0 Å². The lowest BCUT2D eigenvalue weighted by Crippen LogP contribution is -2.47. The summed E-state index contributed by atoms with van der Waals surface area (Å²) >= 11 is 0. The quantitative estimate of drug-likeness (QED) is 0.360. The van der Waals surface area contributed by atoms with E-state index in [1.54, 1.807) is 6.20 Å². The molecule has 1 unspecified atom stereocenters. The Morgan fingerprint density at radius 3 is 2.48 bits per heavy atom. The first kappa shape index (κ1) is 23.3. The van der Waals surface area contributed by atoms with E-state index < -0.39 is 11.9 Å². The van der Waals surface area contributed by atoms with Gasteiger partial charge in [0.1, 0.15) is 6.04 Å². The summed E-state index contributed by atoms with van der Waals surface area (Å²) in [7, 11) is 0. The van der Waals surface area contributed by atoms with Gasteiger partial charge < -0.3 is 20.9 Å². The highest BCUT2D eigenvalue weighted by Crippen LogP contribution is 2.22. The molecule has 2 aliphatic rings. The highest BCUT2D eigenvalue weighted by molar-refractivity contribution is 5.99. The number of piperidine rings is 1. The molecular weight excluding hydrogens is 422 g/mol. The number of aromatic nitrogens is 2. The van der Waals surface area contributed by atoms with Gasteiger partial charge in [-0.05, 0) is 45.0 Å². The lowest BCUT2D eigenvalue weighted by Gasteiger charge is -2.34. The van der Waals surface area contributed by atoms with Crippen molar-refractivity contribution in [2.24, 2.45) is 5.73 Å². The number of rotatable bonds is 9. The van der Waals surface area contributed by atoms with E-state index in [0.29, 0.717) is 5.39 Å². The van der Waals surface area contributed by atoms with Crippen LogP contribution >= 0.6 is 0 Å². The molecule has 2 amide bonds. The van der Waals surface area contributed by atoms with Crippen molar-refractivity contribution < 1.29 is 9.59 Å². The molecule has 0 aliphatic carbocycles. The second-order valence-electron chi connectivity index (χ2n) is 8.74. The third-order valence-electron chi connectivity index (χ3n) is 6.46. The van der Waals surface area contributed by atoms with E-state index in [4.69, 9.17) is 5.73 Å². The number of hydrogen-bond acceptors (Lipinski definition) is 8. The molecule has 10 heteroatoms. The van der Waals surface area contributed by atoms with Gasteiger partial charge >= 0.3 is 0 Å². The van der Waals surface area contributed by atoms with Gasteiger partial charge in [0.05, 0.1) is 11.6 Å². The van der Waals surface area contributed by atoms with Crippen LogP contribution < -0.4 is 21.9 Å². The van der Waals surface area contributed by atoms with E-state index in [0.717, 1.165) is 76.3 Å². The summed E-state index contributed by atoms with van der Waals surface area (Å²) in [6.45, 7) is 7.89. The van der Waals surface area contributed by atoms with Crippen LogP contribution in [0.15, 0.2) is 29.2 Å². The Kier molecular flexibility index (Phi) is 7.69. The summed E-state index contributed by atoms with van der Waals surface area (Å²) < 4.78 is 1.21. The van der Waals surface area contributed by atoms with E-state index in [1.807, 2.05) is 18.2 Å². The Morgan fingerprint density at radius 2 is 1.79 bits per heavy atom. The van der Waals surface area contributed by atoms with Crippen LogP contribution in [0.3, 0.4) is 0 Å². The predicted molar refractivity (Wildman–Crippen MR) is 127 cm³/mol. The maximum atomic E-state index is 13.2. The topological polar surface area (TPSA) is 126 Å². The third kappa shape index (κ3) is 5.58. The van der Waals surface area contributed by atoms with Gasteiger partial charge in [0, 0.05) is 50.2 Å². The summed E-state index contributed by atoms with van der Waals surface area (Å²) in [5.41, 5.74) is 6.03. The maximum absolute atomic E-state index is 13.2. The summed E-state index contributed by atoms with van der Waals surface area (Å²) in [6.07, 6.45) is 4.10. The molecule has 178 valence electrons. The van der Waals surface area contributed by atoms with E-state index in [2.05, 4.69) is 25.5 Å². The van der Waals surface area contributed by atoms with Gasteiger partial charge in [0.15, 0.2) is 0 Å². The fourth-order valence-corrected chi connectivity index (χ4v) is 4.57. The van der Waals surface area contributed by atoms with Crippen LogP contribution in [0, 0.1) is 0 Å². The number of piperazine rings is 1. The van der Waals surface area contributed by atoms with Crippen molar-refractivity contribution in [3.63, 3.8) is 0 Å². The molecule has 0 radical (unpaired) electrons. The highest BCUT2D eigenvalue weighted by atomic mass is 16.2. The molecule has 1 aromatic heterocycles. The van der Waals surface area contributed by atoms with Crippen molar-refractivity contribution in [3.05, 3.63) is 34.7 Å². The number of anilines is 1. The first-order valence-electron chi connectivity index (χ1n) is 11.8. The molecule has 1 aromatic carbocycles. The second kappa shape index (κ2) is 10.9. The predicted octanol–water partition coefficient (Wildman–Crippen LogP) is 0.143. The second-order valence-corrected chi connectivity index (χ2v) is 8.74. The molecule has 0 saturated carbocycles. The number of carbonyl (C=O) groups excluding carboxylic acids is 2. The Balaban J connectivity index is 1.37. The summed E-state index contributed by atoms with van der Waals surface area (Å²) in [6, 6.07) is 4.85. The molecule has 2 aromatic rings. The number of nitrogens with two attached hydrogens (primary N) is 1. The molecule has 3 heterocycles. The Bertz CT molecular complexity index is 1050. The zero-order chi connectivity index (χ0) is 23.2. The van der Waals surface area contributed by atoms with Crippen molar-refractivity contribution in [1.82, 2.24) is 24.9 Å². The zero-order valence-electron chi connectivity index (χ0n) is 19.0. The molecule has 4 rings (SSSR count). The summed E-state index contributed by atoms with van der Waals surface area (Å²) in [5, 5.41) is 11.2. The number of fused-ring (bicyclic) bond motifs is 1. The standard InChI is InChI=1S/C23H33N7O3/c24-8-2-10-28-12-14-29(15-13-28)11-3-9-25-18-5-1-4-17-16-26-30(23(33)21(17)18)19-6-7-20(31)27-22(19)32/h1,4-5,16,19,25H,2-3,6-15,24H2,(H,27,31,32). The van der Waals surface area contributed by atoms with Gasteiger partial charge in [-0.15, -0.1) is 0 Å². The molecule has 2 aliphatic heterocycles. The number of carbonyl (C=O) groups is 2. The highest BCUT2D eigenvalue weighted by Gasteiger charge is 2.30. The van der Waals surface area contributed by atoms with Crippen LogP contribution in [0.4, 0.5) is 5.69 Å². The largest absolute Gasteiger partial charge is 0.384 e. The van der Waals surface area contributed by atoms with Crippen molar-refractivity contribution in [3.8, 4) is 0 Å². The van der Waals surface area contributed by atoms with E-state index in [1.165, 1.54) is 4.68 Å². The molecule has 0 bridgehead atoms. The van der Waals surface area contributed by atoms with Gasteiger partial charge in [0.2, 0.25) is 5.91 Å². The van der Waals surface area contributed by atoms with Crippen LogP contribution in [-0.2, 0) is 9.59 Å². The van der Waals surface area contributed by atoms with Crippen molar-refractivity contribution in [2.45, 2.75) is 31.7 Å². The van der Waals surface area contributed by atoms with Crippen LogP contribution in [0.5, 0.6) is 0 Å². The Morgan fingerprint density at radius 1 is 1.06 bits per heavy atom. The minimum atomic E-state index is -0.767. The first-order valence-corrected chi connectivity index (χ1v) is 11.8. The average molecular weight is 456 g/mol. The minimum absolute atomic E-state index is 0.198. The third-order valence-corrected chi connectivity index (χ3v) is 6.46. The molecular formula is C23H33N7O3. The molecule has 2 saturated heterocycles. The van der Waals surface area contributed by atoms with Gasteiger partial charge in [-0.3, -0.25) is 19.7 Å². The lowest BCUT2D eigenvalue weighted by molar-refractivity contribution is -0.136. The van der Waals surface area contributed by atoms with Crippen molar-refractivity contribution >= 4 is 28.3 Å². The summed E-state index contributed by atoms with van der Waals surface area (Å²) in [4.78, 5) is 41.9. The molecule has 1 atom stereocenters. The SMILES string of the molecule is NCCCN1CCN(CCCNc2cccc3cnn(C4CCC(=O)NC4=O)c(=O)c23)CC1. The molecule has 4 N–H and O–H groups in total. The monoisotopic (exact) mass is 455 g/mol. The van der Waals surface area contributed by atoms with E-state index in [-0.39, 0.29) is 24.3 Å². The van der Waals surface area contributed by atoms with Gasteiger partial charge in [-0.2, -0.15) is 5.10 Å². The van der Waals surface area contributed by atoms with Crippen LogP contribution in [-0.4, -0.2) is 83.8 Å². The summed E-state index contributed by atoms with van der Waals surface area (Å²) in [5.74, 6) is -0.793. The van der Waals surface area contributed by atoms with E-state index in [9.17, 15) is 14.4 Å². The average Bonchev–Trinajstić information content (AvgIpc) is 2.82. The molecule has 2 fully saturated rings.